The van der Waals surface area contributed by atoms with Crippen LogP contribution in [0.15, 0.2) is 55.2 Å². The van der Waals surface area contributed by atoms with E-state index >= 15 is 0 Å². The summed E-state index contributed by atoms with van der Waals surface area (Å²) in [5.74, 6) is 1.14. The van der Waals surface area contributed by atoms with Gasteiger partial charge in [-0.25, -0.2) is 9.97 Å². The third-order valence-corrected chi connectivity index (χ3v) is 7.21. The zero-order valence-electron chi connectivity index (χ0n) is 20.0. The minimum Gasteiger partial charge on any atom is -0.357 e. The minimum atomic E-state index is -0.203. The average molecular weight is 469 g/mol. The Kier molecular flexibility index (Phi) is 5.21. The van der Waals surface area contributed by atoms with E-state index in [1.54, 1.807) is 29.3 Å². The van der Waals surface area contributed by atoms with Gasteiger partial charge in [0.05, 0.1) is 17.9 Å². The molecule has 35 heavy (non-hydrogen) atoms. The lowest BCUT2D eigenvalue weighted by atomic mass is 9.72. The maximum atomic E-state index is 13.0. The fourth-order valence-corrected chi connectivity index (χ4v) is 5.37. The molecule has 4 aromatic rings. The van der Waals surface area contributed by atoms with Gasteiger partial charge in [0.15, 0.2) is 0 Å². The SMILES string of the molecule is CN1CC2(CCN(c3cc(C(=O)Nc4cc5cc(-c6cnn(C)c6)cnc5cn4)ccn3)CC2)C1. The predicted molar refractivity (Wildman–Crippen MR) is 135 cm³/mol. The number of aryl methyl sites for hydroxylation is 1. The quantitative estimate of drug-likeness (QED) is 0.492. The average Bonchev–Trinajstić information content (AvgIpc) is 3.29. The van der Waals surface area contributed by atoms with E-state index in [0.29, 0.717) is 16.8 Å². The molecule has 9 heteroatoms. The van der Waals surface area contributed by atoms with E-state index in [0.717, 1.165) is 40.9 Å². The first-order valence-corrected chi connectivity index (χ1v) is 11.9. The molecule has 0 aliphatic carbocycles. The van der Waals surface area contributed by atoms with Gasteiger partial charge in [0.2, 0.25) is 0 Å². The van der Waals surface area contributed by atoms with E-state index in [-0.39, 0.29) is 5.91 Å². The Balaban J connectivity index is 1.17. The summed E-state index contributed by atoms with van der Waals surface area (Å²) >= 11 is 0. The van der Waals surface area contributed by atoms with Crippen LogP contribution in [0.25, 0.3) is 22.0 Å². The van der Waals surface area contributed by atoms with E-state index in [2.05, 4.69) is 42.2 Å². The standard InChI is InChI=1S/C26H28N8O/c1-32-16-26(17-32)4-7-34(8-5-26)24-11-18(3-6-27-24)25(35)31-23-10-19-9-20(12-28-22(19)14-29-23)21-13-30-33(2)15-21/h3,6,9-15H,4-5,7-8,16-17H2,1-2H3,(H,29,31,35). The smallest absolute Gasteiger partial charge is 0.257 e. The molecule has 0 bridgehead atoms. The van der Waals surface area contributed by atoms with Crippen molar-refractivity contribution in [1.29, 1.82) is 0 Å². The molecule has 0 saturated carbocycles. The lowest BCUT2D eigenvalue weighted by Gasteiger charge is -2.53. The minimum absolute atomic E-state index is 0.203. The fourth-order valence-electron chi connectivity index (χ4n) is 5.37. The predicted octanol–water partition coefficient (Wildman–Crippen LogP) is 3.21. The number of piperidine rings is 1. The third kappa shape index (κ3) is 4.23. The Morgan fingerprint density at radius 2 is 1.80 bits per heavy atom. The van der Waals surface area contributed by atoms with Gasteiger partial charge in [-0.1, -0.05) is 0 Å². The van der Waals surface area contributed by atoms with Crippen molar-refractivity contribution in [2.45, 2.75) is 12.8 Å². The van der Waals surface area contributed by atoms with Gasteiger partial charge in [-0.05, 0) is 49.6 Å². The second-order valence-electron chi connectivity index (χ2n) is 9.91. The van der Waals surface area contributed by atoms with Gasteiger partial charge in [0.1, 0.15) is 11.6 Å². The molecule has 4 aromatic heterocycles. The van der Waals surface area contributed by atoms with Crippen molar-refractivity contribution < 1.29 is 4.79 Å². The lowest BCUT2D eigenvalue weighted by Crippen LogP contribution is -2.58. The highest BCUT2D eigenvalue weighted by molar-refractivity contribution is 6.04. The van der Waals surface area contributed by atoms with Crippen LogP contribution < -0.4 is 10.2 Å². The number of nitrogens with zero attached hydrogens (tertiary/aromatic N) is 7. The number of anilines is 2. The van der Waals surface area contributed by atoms with Gasteiger partial charge >= 0.3 is 0 Å². The van der Waals surface area contributed by atoms with Gasteiger partial charge in [-0.3, -0.25) is 14.5 Å². The van der Waals surface area contributed by atoms with Crippen molar-refractivity contribution in [1.82, 2.24) is 29.6 Å². The molecule has 9 nitrogen and oxygen atoms in total. The normalized spacial score (nSPS) is 17.5. The van der Waals surface area contributed by atoms with Gasteiger partial charge in [0.25, 0.3) is 5.91 Å². The van der Waals surface area contributed by atoms with E-state index < -0.39 is 0 Å². The highest BCUT2D eigenvalue weighted by Crippen LogP contribution is 2.40. The monoisotopic (exact) mass is 468 g/mol. The molecule has 1 N–H and O–H groups in total. The zero-order chi connectivity index (χ0) is 24.0. The van der Waals surface area contributed by atoms with Crippen molar-refractivity contribution in [3.63, 3.8) is 0 Å². The largest absolute Gasteiger partial charge is 0.357 e. The Morgan fingerprint density at radius 1 is 0.971 bits per heavy atom. The molecule has 0 radical (unpaired) electrons. The Hall–Kier alpha value is -3.85. The van der Waals surface area contributed by atoms with Gasteiger partial charge in [-0.15, -0.1) is 0 Å². The summed E-state index contributed by atoms with van der Waals surface area (Å²) in [6.07, 6.45) is 11.3. The van der Waals surface area contributed by atoms with E-state index in [4.69, 9.17) is 0 Å². The summed E-state index contributed by atoms with van der Waals surface area (Å²) in [5, 5.41) is 8.06. The van der Waals surface area contributed by atoms with Crippen LogP contribution in [-0.2, 0) is 7.05 Å². The molecule has 2 fully saturated rings. The summed E-state index contributed by atoms with van der Waals surface area (Å²) in [7, 11) is 4.07. The lowest BCUT2D eigenvalue weighted by molar-refractivity contribution is 0.00121. The topological polar surface area (TPSA) is 92.1 Å². The summed E-state index contributed by atoms with van der Waals surface area (Å²) in [4.78, 5) is 31.2. The van der Waals surface area contributed by atoms with Crippen LogP contribution in [0.3, 0.4) is 0 Å². The summed E-state index contributed by atoms with van der Waals surface area (Å²) < 4.78 is 1.76. The maximum absolute atomic E-state index is 13.0. The number of nitrogens with one attached hydrogen (secondary N) is 1. The van der Waals surface area contributed by atoms with Gasteiger partial charge in [0, 0.05) is 73.9 Å². The first-order valence-electron chi connectivity index (χ1n) is 11.9. The van der Waals surface area contributed by atoms with Crippen LogP contribution in [0, 0.1) is 5.41 Å². The number of carbonyl (C=O) groups is 1. The van der Waals surface area contributed by atoms with Crippen molar-refractivity contribution in [2.24, 2.45) is 12.5 Å². The third-order valence-electron chi connectivity index (χ3n) is 7.21. The van der Waals surface area contributed by atoms with Crippen LogP contribution in [0.4, 0.5) is 11.6 Å². The molecule has 2 aliphatic heterocycles. The summed E-state index contributed by atoms with van der Waals surface area (Å²) in [6.45, 7) is 4.33. The summed E-state index contributed by atoms with van der Waals surface area (Å²) in [6, 6.07) is 7.50. The molecule has 178 valence electrons. The number of rotatable bonds is 4. The molecule has 2 aliphatic rings. The van der Waals surface area contributed by atoms with Crippen molar-refractivity contribution >= 4 is 28.4 Å². The van der Waals surface area contributed by atoms with Crippen LogP contribution >= 0.6 is 0 Å². The van der Waals surface area contributed by atoms with Crippen LogP contribution in [0.2, 0.25) is 0 Å². The Morgan fingerprint density at radius 3 is 2.54 bits per heavy atom. The molecular weight excluding hydrogens is 440 g/mol. The number of pyridine rings is 3. The highest BCUT2D eigenvalue weighted by Gasteiger charge is 2.43. The van der Waals surface area contributed by atoms with E-state index in [1.807, 2.05) is 37.6 Å². The summed E-state index contributed by atoms with van der Waals surface area (Å²) in [5.41, 5.74) is 3.77. The maximum Gasteiger partial charge on any atom is 0.257 e. The number of likely N-dealkylation sites (tertiary alicyclic amines) is 1. The Bertz CT molecular complexity index is 1400. The van der Waals surface area contributed by atoms with Crippen molar-refractivity contribution in [3.05, 3.63) is 60.8 Å². The molecule has 2 saturated heterocycles. The molecule has 0 atom stereocenters. The van der Waals surface area contributed by atoms with E-state index in [1.165, 1.54) is 25.9 Å². The van der Waals surface area contributed by atoms with Gasteiger partial charge in [-0.2, -0.15) is 5.10 Å². The number of carbonyl (C=O) groups excluding carboxylic acids is 1. The van der Waals surface area contributed by atoms with Crippen molar-refractivity contribution in [3.8, 4) is 11.1 Å². The Labute approximate surface area is 203 Å². The first kappa shape index (κ1) is 21.7. The second kappa shape index (κ2) is 8.42. The number of hydrogen-bond donors (Lipinski definition) is 1. The van der Waals surface area contributed by atoms with Crippen molar-refractivity contribution in [2.75, 3.05) is 43.4 Å². The molecule has 0 unspecified atom stereocenters. The number of aromatic nitrogens is 5. The van der Waals surface area contributed by atoms with Gasteiger partial charge < -0.3 is 15.1 Å². The molecule has 6 rings (SSSR count). The van der Waals surface area contributed by atoms with Crippen LogP contribution in [-0.4, -0.2) is 68.8 Å². The molecular formula is C26H28N8O. The highest BCUT2D eigenvalue weighted by atomic mass is 16.1. The molecule has 6 heterocycles. The number of fused-ring (bicyclic) bond motifs is 1. The molecule has 1 amide bonds. The zero-order valence-corrected chi connectivity index (χ0v) is 20.0. The van der Waals surface area contributed by atoms with E-state index in [9.17, 15) is 4.79 Å². The fraction of sp³-hybridized carbons (Fsp3) is 0.346. The number of amides is 1. The number of hydrogen-bond acceptors (Lipinski definition) is 7. The first-order chi connectivity index (χ1) is 17.0. The van der Waals surface area contributed by atoms with Crippen LogP contribution in [0.1, 0.15) is 23.2 Å². The second-order valence-corrected chi connectivity index (χ2v) is 9.91. The molecule has 1 spiro atoms. The van der Waals surface area contributed by atoms with Crippen LogP contribution in [0.5, 0.6) is 0 Å². The molecule has 0 aromatic carbocycles.